The third-order valence-electron chi connectivity index (χ3n) is 9.88. The van der Waals surface area contributed by atoms with Gasteiger partial charge in [0.2, 0.25) is 0 Å². The first-order chi connectivity index (χ1) is 25.2. The summed E-state index contributed by atoms with van der Waals surface area (Å²) in [6.07, 6.45) is 0. The van der Waals surface area contributed by atoms with E-state index in [1.165, 1.54) is 33.0 Å². The molecule has 0 saturated carbocycles. The van der Waals surface area contributed by atoms with Gasteiger partial charge < -0.3 is 9.32 Å². The van der Waals surface area contributed by atoms with Crippen LogP contribution in [0.3, 0.4) is 0 Å². The molecule has 51 heavy (non-hydrogen) atoms. The Balaban J connectivity index is 1.18. The van der Waals surface area contributed by atoms with Crippen LogP contribution in [0, 0.1) is 6.92 Å². The summed E-state index contributed by atoms with van der Waals surface area (Å²) >= 11 is 0. The summed E-state index contributed by atoms with van der Waals surface area (Å²) in [6, 6.07) is 69.2. The molecule has 9 rings (SSSR count). The van der Waals surface area contributed by atoms with Crippen LogP contribution in [-0.4, -0.2) is 0 Å². The SMILES string of the molecule is Cc1c(-c2cccc(N(c3ccc(-c4cccc5ccccc45)cc3)c3ccccc3-c3ccc(-c4ccccc4)cc3)c2)oc2ccccc12. The molecule has 0 aliphatic carbocycles. The van der Waals surface area contributed by atoms with Crippen molar-refractivity contribution in [2.75, 3.05) is 4.90 Å². The number of aryl methyl sites for hydroxylation is 1. The van der Waals surface area contributed by atoms with Crippen molar-refractivity contribution in [2.24, 2.45) is 0 Å². The monoisotopic (exact) mass is 653 g/mol. The lowest BCUT2D eigenvalue weighted by Crippen LogP contribution is -2.11. The van der Waals surface area contributed by atoms with Gasteiger partial charge in [0.15, 0.2) is 0 Å². The van der Waals surface area contributed by atoms with Gasteiger partial charge >= 0.3 is 0 Å². The van der Waals surface area contributed by atoms with Crippen molar-refractivity contribution in [1.82, 2.24) is 0 Å². The third-order valence-corrected chi connectivity index (χ3v) is 9.88. The van der Waals surface area contributed by atoms with Crippen LogP contribution in [0.2, 0.25) is 0 Å². The zero-order chi connectivity index (χ0) is 34.1. The van der Waals surface area contributed by atoms with Crippen LogP contribution in [-0.2, 0) is 0 Å². The first-order valence-electron chi connectivity index (χ1n) is 17.4. The number of nitrogens with zero attached hydrogens (tertiary/aromatic N) is 1. The Bertz CT molecular complexity index is 2630. The molecule has 0 saturated heterocycles. The third kappa shape index (κ3) is 5.67. The molecule has 0 spiro atoms. The number of furan rings is 1. The molecule has 0 radical (unpaired) electrons. The fourth-order valence-electron chi connectivity index (χ4n) is 7.32. The van der Waals surface area contributed by atoms with Crippen LogP contribution in [0.1, 0.15) is 5.56 Å². The van der Waals surface area contributed by atoms with Crippen LogP contribution in [0.5, 0.6) is 0 Å². The minimum absolute atomic E-state index is 0.897. The normalized spacial score (nSPS) is 11.2. The highest BCUT2D eigenvalue weighted by molar-refractivity contribution is 5.97. The van der Waals surface area contributed by atoms with Gasteiger partial charge in [0.25, 0.3) is 0 Å². The summed E-state index contributed by atoms with van der Waals surface area (Å²) in [5, 5.41) is 3.64. The zero-order valence-corrected chi connectivity index (χ0v) is 28.3. The molecular formula is C49H35NO. The van der Waals surface area contributed by atoms with Gasteiger partial charge in [0.1, 0.15) is 11.3 Å². The molecule has 0 unspecified atom stereocenters. The van der Waals surface area contributed by atoms with Gasteiger partial charge in [-0.2, -0.15) is 0 Å². The van der Waals surface area contributed by atoms with Crippen LogP contribution in [0.15, 0.2) is 199 Å². The Labute approximate surface area is 298 Å². The molecule has 242 valence electrons. The highest BCUT2D eigenvalue weighted by atomic mass is 16.3. The van der Waals surface area contributed by atoms with E-state index >= 15 is 0 Å². The Morgan fingerprint density at radius 2 is 0.961 bits per heavy atom. The maximum atomic E-state index is 6.45. The number of fused-ring (bicyclic) bond motifs is 2. The minimum atomic E-state index is 0.897. The average Bonchev–Trinajstić information content (AvgIpc) is 3.55. The van der Waals surface area contributed by atoms with E-state index < -0.39 is 0 Å². The van der Waals surface area contributed by atoms with Gasteiger partial charge in [-0.25, -0.2) is 0 Å². The molecule has 9 aromatic rings. The fraction of sp³-hybridized carbons (Fsp3) is 0.0204. The van der Waals surface area contributed by atoms with Crippen LogP contribution >= 0.6 is 0 Å². The maximum Gasteiger partial charge on any atom is 0.138 e. The second-order valence-electron chi connectivity index (χ2n) is 13.0. The van der Waals surface area contributed by atoms with E-state index in [0.29, 0.717) is 0 Å². The lowest BCUT2D eigenvalue weighted by atomic mass is 9.97. The second kappa shape index (κ2) is 13.0. The number of hydrogen-bond donors (Lipinski definition) is 0. The quantitative estimate of drug-likeness (QED) is 0.170. The van der Waals surface area contributed by atoms with Gasteiger partial charge in [0.05, 0.1) is 5.69 Å². The van der Waals surface area contributed by atoms with Crippen molar-refractivity contribution in [1.29, 1.82) is 0 Å². The molecule has 0 fully saturated rings. The topological polar surface area (TPSA) is 16.4 Å². The van der Waals surface area contributed by atoms with Crippen LogP contribution in [0.25, 0.3) is 66.4 Å². The summed E-state index contributed by atoms with van der Waals surface area (Å²) in [7, 11) is 0. The Morgan fingerprint density at radius 3 is 1.78 bits per heavy atom. The number of hydrogen-bond acceptors (Lipinski definition) is 2. The summed E-state index contributed by atoms with van der Waals surface area (Å²) in [5.41, 5.74) is 13.5. The Morgan fingerprint density at radius 1 is 0.392 bits per heavy atom. The molecule has 8 aromatic carbocycles. The van der Waals surface area contributed by atoms with Gasteiger partial charge in [0, 0.05) is 33.5 Å². The molecule has 1 aromatic heterocycles. The van der Waals surface area contributed by atoms with Gasteiger partial charge in [-0.15, -0.1) is 0 Å². The fourth-order valence-corrected chi connectivity index (χ4v) is 7.32. The molecule has 0 amide bonds. The largest absolute Gasteiger partial charge is 0.456 e. The molecule has 0 aliphatic rings. The lowest BCUT2D eigenvalue weighted by molar-refractivity contribution is 0.629. The van der Waals surface area contributed by atoms with Crippen LogP contribution in [0.4, 0.5) is 17.1 Å². The Hall–Kier alpha value is -6.64. The van der Waals surface area contributed by atoms with Gasteiger partial charge in [-0.1, -0.05) is 158 Å². The van der Waals surface area contributed by atoms with E-state index in [1.807, 2.05) is 12.1 Å². The molecule has 0 aliphatic heterocycles. The first-order valence-corrected chi connectivity index (χ1v) is 17.4. The van der Waals surface area contributed by atoms with E-state index in [0.717, 1.165) is 56.0 Å². The van der Waals surface area contributed by atoms with Gasteiger partial charge in [-0.05, 0) is 81.9 Å². The van der Waals surface area contributed by atoms with Crippen molar-refractivity contribution in [3.63, 3.8) is 0 Å². The van der Waals surface area contributed by atoms with Crippen LogP contribution < -0.4 is 4.90 Å². The van der Waals surface area contributed by atoms with E-state index in [1.54, 1.807) is 0 Å². The minimum Gasteiger partial charge on any atom is -0.456 e. The van der Waals surface area contributed by atoms with Crippen molar-refractivity contribution in [3.05, 3.63) is 200 Å². The maximum absolute atomic E-state index is 6.45. The molecular weight excluding hydrogens is 619 g/mol. The molecule has 2 heteroatoms. The lowest BCUT2D eigenvalue weighted by Gasteiger charge is -2.28. The van der Waals surface area contributed by atoms with E-state index in [-0.39, 0.29) is 0 Å². The van der Waals surface area contributed by atoms with E-state index in [2.05, 4.69) is 194 Å². The van der Waals surface area contributed by atoms with E-state index in [4.69, 9.17) is 4.42 Å². The summed E-state index contributed by atoms with van der Waals surface area (Å²) in [4.78, 5) is 2.37. The number of anilines is 3. The highest BCUT2D eigenvalue weighted by Crippen LogP contribution is 2.43. The summed E-state index contributed by atoms with van der Waals surface area (Å²) in [6.45, 7) is 2.14. The second-order valence-corrected chi connectivity index (χ2v) is 13.0. The van der Waals surface area contributed by atoms with Gasteiger partial charge in [-0.3, -0.25) is 0 Å². The predicted molar refractivity (Wildman–Crippen MR) is 215 cm³/mol. The van der Waals surface area contributed by atoms with Crippen molar-refractivity contribution in [3.8, 4) is 44.7 Å². The molecule has 0 N–H and O–H groups in total. The standard InChI is InChI=1S/C49H35NO/c1-34-43-19-8-10-24-48(43)51-49(34)40-17-11-18-42(33-40)50(41-31-29-38(30-32-41)45-22-12-16-37-15-5-6-20-44(37)45)47-23-9-7-21-46(47)39-27-25-36(26-28-39)35-13-3-2-4-14-35/h2-33H,1H3. The molecule has 1 heterocycles. The molecule has 0 atom stereocenters. The smallest absolute Gasteiger partial charge is 0.138 e. The van der Waals surface area contributed by atoms with E-state index in [9.17, 15) is 0 Å². The summed E-state index contributed by atoms with van der Waals surface area (Å²) < 4.78 is 6.45. The van der Waals surface area contributed by atoms with Crippen molar-refractivity contribution in [2.45, 2.75) is 6.92 Å². The molecule has 0 bridgehead atoms. The summed E-state index contributed by atoms with van der Waals surface area (Å²) in [5.74, 6) is 0.897. The average molecular weight is 654 g/mol. The molecule has 2 nitrogen and oxygen atoms in total. The number of rotatable bonds is 7. The first kappa shape index (κ1) is 30.4. The zero-order valence-electron chi connectivity index (χ0n) is 28.3. The Kier molecular flexibility index (Phi) is 7.75. The highest BCUT2D eigenvalue weighted by Gasteiger charge is 2.20. The van der Waals surface area contributed by atoms with Crippen molar-refractivity contribution >= 4 is 38.8 Å². The van der Waals surface area contributed by atoms with Crippen molar-refractivity contribution < 1.29 is 4.42 Å². The number of benzene rings is 8. The predicted octanol–water partition coefficient (Wildman–Crippen LogP) is 14.0. The number of para-hydroxylation sites is 2.